The molecule has 6 aromatic carbocycles. The van der Waals surface area contributed by atoms with Crippen LogP contribution in [-0.2, 0) is 10.1 Å². The molecule has 47 heavy (non-hydrogen) atoms. The molecule has 8 rings (SSSR count). The molecule has 2 heterocycles. The first-order valence-electron chi connectivity index (χ1n) is 14.3. The van der Waals surface area contributed by atoms with E-state index >= 15 is 0 Å². The average molecular weight is 653 g/mol. The van der Waals surface area contributed by atoms with Crippen LogP contribution >= 0.6 is 0 Å². The van der Waals surface area contributed by atoms with Crippen LogP contribution in [0.5, 0.6) is 11.5 Å². The Hall–Kier alpha value is -5.74. The van der Waals surface area contributed by atoms with E-state index in [1.807, 2.05) is 66.7 Å². The van der Waals surface area contributed by atoms with Crippen molar-refractivity contribution < 1.29 is 39.7 Å². The van der Waals surface area contributed by atoms with Crippen molar-refractivity contribution in [1.29, 1.82) is 0 Å². The number of alkyl halides is 3. The number of hydrogen-bond acceptors (Lipinski definition) is 6. The van der Waals surface area contributed by atoms with Crippen LogP contribution < -0.4 is 4.18 Å². The quantitative estimate of drug-likeness (QED) is 0.150. The SMILES string of the molecule is O=S(=O)(Oc1cccc2oc3cc(-c4ccccc4)ccc3c12)C(F)(F)F.Oc1cccc2oc3cc(-c4ccccc4)ccc3c12. The predicted octanol–water partition coefficient (Wildman–Crippen LogP) is 10.4. The topological polar surface area (TPSA) is 89.9 Å². The first-order chi connectivity index (χ1) is 22.6. The lowest BCUT2D eigenvalue weighted by Gasteiger charge is -2.10. The Labute approximate surface area is 266 Å². The smallest absolute Gasteiger partial charge is 0.507 e. The van der Waals surface area contributed by atoms with Gasteiger partial charge in [-0.2, -0.15) is 21.6 Å². The van der Waals surface area contributed by atoms with E-state index in [1.165, 1.54) is 12.1 Å². The van der Waals surface area contributed by atoms with Crippen molar-refractivity contribution in [1.82, 2.24) is 0 Å². The Morgan fingerprint density at radius 2 is 1.02 bits per heavy atom. The van der Waals surface area contributed by atoms with Crippen molar-refractivity contribution in [3.05, 3.63) is 133 Å². The van der Waals surface area contributed by atoms with Crippen LogP contribution in [0.4, 0.5) is 13.2 Å². The van der Waals surface area contributed by atoms with E-state index in [0.717, 1.165) is 44.7 Å². The molecule has 0 bridgehead atoms. The summed E-state index contributed by atoms with van der Waals surface area (Å²) in [6.45, 7) is 0. The van der Waals surface area contributed by atoms with Gasteiger partial charge in [0, 0.05) is 10.8 Å². The van der Waals surface area contributed by atoms with Crippen molar-refractivity contribution in [3.63, 3.8) is 0 Å². The maximum atomic E-state index is 12.7. The van der Waals surface area contributed by atoms with Crippen LogP contribution in [0.15, 0.2) is 142 Å². The van der Waals surface area contributed by atoms with E-state index in [-0.39, 0.29) is 16.7 Å². The summed E-state index contributed by atoms with van der Waals surface area (Å²) in [5.41, 5.74) is 0.680. The Morgan fingerprint density at radius 1 is 0.532 bits per heavy atom. The first kappa shape index (κ1) is 29.9. The summed E-state index contributed by atoms with van der Waals surface area (Å²) in [6.07, 6.45) is 0. The van der Waals surface area contributed by atoms with Gasteiger partial charge in [0.05, 0.1) is 10.8 Å². The number of rotatable bonds is 4. The molecule has 0 saturated heterocycles. The Morgan fingerprint density at radius 3 is 1.55 bits per heavy atom. The normalized spacial score (nSPS) is 12.0. The highest BCUT2D eigenvalue weighted by Gasteiger charge is 2.48. The molecule has 0 fully saturated rings. The summed E-state index contributed by atoms with van der Waals surface area (Å²) in [5, 5.41) is 12.3. The number of phenols is 1. The second-order valence-corrected chi connectivity index (χ2v) is 12.2. The Kier molecular flexibility index (Phi) is 7.37. The molecule has 0 spiro atoms. The highest BCUT2D eigenvalue weighted by molar-refractivity contribution is 7.88. The lowest BCUT2D eigenvalue weighted by atomic mass is 10.0. The molecule has 0 aliphatic heterocycles. The number of furan rings is 2. The standard InChI is InChI=1S/C19H11F3O4S.C18H12O2/c20-19(21,22)27(23,24)26-16-8-4-7-15-18(16)14-10-9-13(11-17(14)25-15)12-5-2-1-3-6-12;19-15-7-4-8-16-18(15)14-10-9-13(11-17(14)20-16)12-5-2-1-3-6-12/h1-11H;1-11,19H. The van der Waals surface area contributed by atoms with E-state index in [2.05, 4.69) is 22.4 Å². The van der Waals surface area contributed by atoms with Gasteiger partial charge in [-0.05, 0) is 70.8 Å². The summed E-state index contributed by atoms with van der Waals surface area (Å²) < 4.78 is 76.6. The molecule has 2 aromatic heterocycles. The zero-order valence-electron chi connectivity index (χ0n) is 24.2. The fraction of sp³-hybridized carbons (Fsp3) is 0.0270. The minimum absolute atomic E-state index is 0.167. The van der Waals surface area contributed by atoms with Gasteiger partial charge in [-0.1, -0.05) is 84.9 Å². The van der Waals surface area contributed by atoms with Gasteiger partial charge in [-0.15, -0.1) is 0 Å². The minimum atomic E-state index is -5.78. The monoisotopic (exact) mass is 652 g/mol. The second kappa shape index (κ2) is 11.6. The van der Waals surface area contributed by atoms with Gasteiger partial charge >= 0.3 is 15.6 Å². The molecule has 0 saturated carbocycles. The van der Waals surface area contributed by atoms with E-state index in [4.69, 9.17) is 8.83 Å². The fourth-order valence-corrected chi connectivity index (χ4v) is 5.93. The summed E-state index contributed by atoms with van der Waals surface area (Å²) in [4.78, 5) is 0. The van der Waals surface area contributed by atoms with Gasteiger partial charge in [-0.25, -0.2) is 0 Å². The van der Waals surface area contributed by atoms with Gasteiger partial charge in [0.2, 0.25) is 0 Å². The molecular formula is C37H23F3O6S. The molecule has 234 valence electrons. The van der Waals surface area contributed by atoms with Crippen molar-refractivity contribution in [2.24, 2.45) is 0 Å². The molecule has 0 aliphatic rings. The molecule has 0 radical (unpaired) electrons. The van der Waals surface area contributed by atoms with E-state index < -0.39 is 21.4 Å². The molecule has 0 atom stereocenters. The van der Waals surface area contributed by atoms with Crippen LogP contribution in [0.3, 0.4) is 0 Å². The molecule has 8 aromatic rings. The summed E-state index contributed by atoms with van der Waals surface area (Å²) >= 11 is 0. The zero-order valence-corrected chi connectivity index (χ0v) is 25.0. The van der Waals surface area contributed by atoms with Gasteiger partial charge in [-0.3, -0.25) is 0 Å². The number of phenolic OH excluding ortho intramolecular Hbond substituents is 1. The zero-order chi connectivity index (χ0) is 32.8. The van der Waals surface area contributed by atoms with Gasteiger partial charge in [0.25, 0.3) is 0 Å². The molecule has 0 unspecified atom stereocenters. The van der Waals surface area contributed by atoms with Gasteiger partial charge in [0.1, 0.15) is 28.1 Å². The lowest BCUT2D eigenvalue weighted by molar-refractivity contribution is -0.0499. The van der Waals surface area contributed by atoms with Gasteiger partial charge < -0.3 is 18.1 Å². The van der Waals surface area contributed by atoms with Crippen molar-refractivity contribution in [2.75, 3.05) is 0 Å². The largest absolute Gasteiger partial charge is 0.534 e. The molecule has 0 aliphatic carbocycles. The van der Waals surface area contributed by atoms with Crippen LogP contribution in [0, 0.1) is 0 Å². The van der Waals surface area contributed by atoms with E-state index in [9.17, 15) is 26.7 Å². The minimum Gasteiger partial charge on any atom is -0.507 e. The number of halogens is 3. The second-order valence-electron chi connectivity index (χ2n) is 10.6. The fourth-order valence-electron chi connectivity index (χ4n) is 5.46. The maximum absolute atomic E-state index is 12.7. The highest BCUT2D eigenvalue weighted by atomic mass is 32.2. The molecule has 1 N–H and O–H groups in total. The number of fused-ring (bicyclic) bond motifs is 6. The summed E-state index contributed by atoms with van der Waals surface area (Å²) in [7, 11) is -5.78. The van der Waals surface area contributed by atoms with Crippen LogP contribution in [-0.4, -0.2) is 19.0 Å². The first-order valence-corrected chi connectivity index (χ1v) is 15.7. The predicted molar refractivity (Wildman–Crippen MR) is 176 cm³/mol. The maximum Gasteiger partial charge on any atom is 0.534 e. The molecule has 10 heteroatoms. The summed E-state index contributed by atoms with van der Waals surface area (Å²) in [6, 6.07) is 40.3. The molecule has 6 nitrogen and oxygen atoms in total. The molecular weight excluding hydrogens is 629 g/mol. The number of aromatic hydroxyl groups is 1. The van der Waals surface area contributed by atoms with Crippen molar-refractivity contribution in [3.8, 4) is 33.8 Å². The van der Waals surface area contributed by atoms with Crippen LogP contribution in [0.25, 0.3) is 66.1 Å². The van der Waals surface area contributed by atoms with Crippen molar-refractivity contribution >= 4 is 54.0 Å². The average Bonchev–Trinajstić information content (AvgIpc) is 3.64. The Bertz CT molecular complexity index is 2500. The third-order valence-electron chi connectivity index (χ3n) is 7.63. The lowest BCUT2D eigenvalue weighted by Crippen LogP contribution is -2.28. The highest BCUT2D eigenvalue weighted by Crippen LogP contribution is 2.40. The van der Waals surface area contributed by atoms with E-state index in [0.29, 0.717) is 16.6 Å². The van der Waals surface area contributed by atoms with E-state index in [1.54, 1.807) is 30.3 Å². The van der Waals surface area contributed by atoms with Crippen LogP contribution in [0.2, 0.25) is 0 Å². The summed E-state index contributed by atoms with van der Waals surface area (Å²) in [5.74, 6) is -0.176. The Balaban J connectivity index is 0.000000156. The van der Waals surface area contributed by atoms with Crippen LogP contribution in [0.1, 0.15) is 0 Å². The number of benzene rings is 6. The third kappa shape index (κ3) is 5.64. The number of hydrogen-bond donors (Lipinski definition) is 1. The molecule has 0 amide bonds. The van der Waals surface area contributed by atoms with Crippen molar-refractivity contribution in [2.45, 2.75) is 5.51 Å². The van der Waals surface area contributed by atoms with Gasteiger partial charge in [0.15, 0.2) is 5.75 Å². The third-order valence-corrected chi connectivity index (χ3v) is 8.60.